The Labute approximate surface area is 303 Å². The molecule has 53 heavy (non-hydrogen) atoms. The zero-order chi connectivity index (χ0) is 37.2. The van der Waals surface area contributed by atoms with E-state index in [1.54, 1.807) is 12.1 Å². The van der Waals surface area contributed by atoms with Crippen molar-refractivity contribution in [3.05, 3.63) is 249 Å². The molecular weight excluding hydrogens is 681 g/mol. The van der Waals surface area contributed by atoms with Crippen molar-refractivity contribution >= 4 is 0 Å². The van der Waals surface area contributed by atoms with Gasteiger partial charge >= 0.3 is 0 Å². The quantitative estimate of drug-likeness (QED) is 0.108. The first-order chi connectivity index (χ1) is 25.8. The normalized spacial score (nSPS) is 11.7. The Morgan fingerprint density at radius 1 is 0.358 bits per heavy atom. The first-order valence-electron chi connectivity index (χ1n) is 16.8. The maximum Gasteiger partial charge on any atom is 0.127 e. The second-order valence-corrected chi connectivity index (χ2v) is 12.6. The summed E-state index contributed by atoms with van der Waals surface area (Å²) in [6, 6.07) is 40.3. The fourth-order valence-corrected chi connectivity index (χ4v) is 8.20. The number of hydrogen-bond acceptors (Lipinski definition) is 1. The van der Waals surface area contributed by atoms with Gasteiger partial charge in [-0.15, -0.1) is 0 Å². The van der Waals surface area contributed by atoms with E-state index in [0.717, 1.165) is 36.4 Å². The molecule has 0 aliphatic heterocycles. The molecule has 0 saturated carbocycles. The summed E-state index contributed by atoms with van der Waals surface area (Å²) in [5.41, 5.74) is -7.04. The lowest BCUT2D eigenvalue weighted by molar-refractivity contribution is 0.277. The van der Waals surface area contributed by atoms with Crippen LogP contribution in [-0.4, -0.2) is 0 Å². The summed E-state index contributed by atoms with van der Waals surface area (Å²) < 4.78 is 103. The molecule has 7 aromatic carbocycles. The Morgan fingerprint density at radius 2 is 0.660 bits per heavy atom. The van der Waals surface area contributed by atoms with Crippen molar-refractivity contribution in [1.82, 2.24) is 0 Å². The van der Waals surface area contributed by atoms with Crippen LogP contribution in [-0.2, 0) is 10.8 Å². The fourth-order valence-electron chi connectivity index (χ4n) is 8.20. The van der Waals surface area contributed by atoms with Crippen LogP contribution >= 0.6 is 0 Å². The number of hydrogen-bond donors (Lipinski definition) is 0. The first kappa shape index (κ1) is 35.0. The van der Waals surface area contributed by atoms with Gasteiger partial charge in [-0.25, -0.2) is 26.3 Å². The van der Waals surface area contributed by atoms with Gasteiger partial charge in [-0.05, 0) is 59.2 Å². The molecular formula is C46H29F6N. The van der Waals surface area contributed by atoms with Gasteiger partial charge < -0.3 is 0 Å². The number of rotatable bonds is 9. The van der Waals surface area contributed by atoms with Crippen molar-refractivity contribution in [2.45, 2.75) is 16.7 Å². The zero-order valence-electron chi connectivity index (χ0n) is 28.0. The van der Waals surface area contributed by atoms with Crippen LogP contribution in [0.15, 0.2) is 170 Å². The highest BCUT2D eigenvalue weighted by Crippen LogP contribution is 2.66. The minimum atomic E-state index is -2.59. The van der Waals surface area contributed by atoms with Crippen molar-refractivity contribution in [1.29, 1.82) is 5.26 Å². The lowest BCUT2D eigenvalue weighted by Crippen LogP contribution is -2.57. The van der Waals surface area contributed by atoms with Crippen LogP contribution in [0.3, 0.4) is 0 Å². The van der Waals surface area contributed by atoms with Gasteiger partial charge in [0, 0.05) is 28.2 Å². The third-order valence-corrected chi connectivity index (χ3v) is 10.1. The smallest absolute Gasteiger partial charge is 0.127 e. The summed E-state index contributed by atoms with van der Waals surface area (Å²) in [4.78, 5) is 0. The van der Waals surface area contributed by atoms with Crippen molar-refractivity contribution in [2.75, 3.05) is 0 Å². The molecule has 0 bridgehead atoms. The summed E-state index contributed by atoms with van der Waals surface area (Å²) >= 11 is 0. The molecule has 1 nitrogen and oxygen atoms in total. The Bertz CT molecular complexity index is 2350. The van der Waals surface area contributed by atoms with Crippen LogP contribution in [0.4, 0.5) is 26.3 Å². The lowest BCUT2D eigenvalue weighted by atomic mass is 9.43. The predicted octanol–water partition coefficient (Wildman–Crippen LogP) is 11.5. The highest BCUT2D eigenvalue weighted by molar-refractivity contribution is 5.69. The minimum Gasteiger partial charge on any atom is -0.207 e. The summed E-state index contributed by atoms with van der Waals surface area (Å²) in [6.07, 6.45) is 0. The fraction of sp³-hybridized carbons (Fsp3) is 0.0652. The zero-order valence-corrected chi connectivity index (χ0v) is 28.0. The van der Waals surface area contributed by atoms with Crippen LogP contribution in [0.2, 0.25) is 0 Å². The van der Waals surface area contributed by atoms with Gasteiger partial charge in [0.2, 0.25) is 0 Å². The average Bonchev–Trinajstić information content (AvgIpc) is 3.17. The number of benzene rings is 7. The van der Waals surface area contributed by atoms with E-state index in [2.05, 4.69) is 6.07 Å². The Kier molecular flexibility index (Phi) is 9.47. The standard InChI is InChI=1S/C46H29F6N/c47-38-23-9-2-16-31(38)44(32-17-3-10-24-39(32)48)46(36-21-7-13-27-42(36)51,37-22-8-14-28-43(37)52)45(34-19-5-11-25-40(34)49,35-20-6-12-26-41(35)50)33-18-4-1-15-30(33)29-53/h1-28,44H. The van der Waals surface area contributed by atoms with Crippen molar-refractivity contribution in [3.63, 3.8) is 0 Å². The van der Waals surface area contributed by atoms with E-state index in [9.17, 15) is 5.26 Å². The van der Waals surface area contributed by atoms with Crippen LogP contribution in [0, 0.1) is 46.2 Å². The van der Waals surface area contributed by atoms with Gasteiger partial charge in [0.1, 0.15) is 34.9 Å². The monoisotopic (exact) mass is 709 g/mol. The van der Waals surface area contributed by atoms with Crippen LogP contribution in [0.25, 0.3) is 0 Å². The second kappa shape index (κ2) is 14.3. The summed E-state index contributed by atoms with van der Waals surface area (Å²) in [5, 5.41) is 10.8. The van der Waals surface area contributed by atoms with E-state index < -0.39 is 51.7 Å². The van der Waals surface area contributed by atoms with Crippen LogP contribution < -0.4 is 0 Å². The first-order valence-corrected chi connectivity index (χ1v) is 16.8. The summed E-state index contributed by atoms with van der Waals surface area (Å²) in [5.74, 6) is -7.31. The van der Waals surface area contributed by atoms with E-state index in [1.807, 2.05) is 0 Å². The van der Waals surface area contributed by atoms with E-state index in [0.29, 0.717) is 0 Å². The maximum atomic E-state index is 17.4. The largest absolute Gasteiger partial charge is 0.207 e. The molecule has 7 aromatic rings. The second-order valence-electron chi connectivity index (χ2n) is 12.6. The molecule has 7 rings (SSSR count). The molecule has 0 atom stereocenters. The minimum absolute atomic E-state index is 0.0677. The molecule has 0 aromatic heterocycles. The van der Waals surface area contributed by atoms with Gasteiger partial charge in [-0.1, -0.05) is 127 Å². The number of halogens is 6. The molecule has 0 fully saturated rings. The molecule has 0 amide bonds. The molecule has 0 heterocycles. The van der Waals surface area contributed by atoms with E-state index in [1.165, 1.54) is 121 Å². The predicted molar refractivity (Wildman–Crippen MR) is 192 cm³/mol. The molecule has 0 spiro atoms. The molecule has 0 radical (unpaired) electrons. The summed E-state index contributed by atoms with van der Waals surface area (Å²) in [6.45, 7) is 0. The Hall–Kier alpha value is -6.39. The molecule has 0 aliphatic rings. The highest BCUT2D eigenvalue weighted by atomic mass is 19.1. The van der Waals surface area contributed by atoms with Gasteiger partial charge in [-0.2, -0.15) is 5.26 Å². The SMILES string of the molecule is N#Cc1ccccc1C(c1ccccc1F)(c1ccccc1F)C(c1ccccc1F)(c1ccccc1F)C(c1ccccc1F)c1ccccc1F. The maximum absolute atomic E-state index is 17.4. The average molecular weight is 710 g/mol. The third kappa shape index (κ3) is 5.50. The van der Waals surface area contributed by atoms with Crippen LogP contribution in [0.1, 0.15) is 50.4 Å². The molecule has 0 unspecified atom stereocenters. The molecule has 0 aliphatic carbocycles. The van der Waals surface area contributed by atoms with Crippen molar-refractivity contribution in [2.24, 2.45) is 0 Å². The topological polar surface area (TPSA) is 23.8 Å². The van der Waals surface area contributed by atoms with Gasteiger partial charge in [0.15, 0.2) is 0 Å². The van der Waals surface area contributed by atoms with E-state index in [-0.39, 0.29) is 44.5 Å². The highest BCUT2D eigenvalue weighted by Gasteiger charge is 2.65. The molecule has 0 N–H and O–H groups in total. The van der Waals surface area contributed by atoms with Crippen molar-refractivity contribution in [3.8, 4) is 6.07 Å². The van der Waals surface area contributed by atoms with E-state index in [4.69, 9.17) is 0 Å². The molecule has 260 valence electrons. The van der Waals surface area contributed by atoms with Crippen molar-refractivity contribution < 1.29 is 26.3 Å². The Morgan fingerprint density at radius 3 is 1.02 bits per heavy atom. The lowest BCUT2D eigenvalue weighted by Gasteiger charge is -2.57. The number of nitrogens with zero attached hydrogens (tertiary/aromatic N) is 1. The molecule has 7 heteroatoms. The molecule has 0 saturated heterocycles. The van der Waals surface area contributed by atoms with Crippen LogP contribution in [0.5, 0.6) is 0 Å². The van der Waals surface area contributed by atoms with E-state index >= 15 is 26.3 Å². The van der Waals surface area contributed by atoms with Gasteiger partial charge in [0.25, 0.3) is 0 Å². The summed E-state index contributed by atoms with van der Waals surface area (Å²) in [7, 11) is 0. The third-order valence-electron chi connectivity index (χ3n) is 10.1. The van der Waals surface area contributed by atoms with Gasteiger partial charge in [0.05, 0.1) is 22.5 Å². The number of nitriles is 1. The Balaban J connectivity index is 1.96. The van der Waals surface area contributed by atoms with Gasteiger partial charge in [-0.3, -0.25) is 0 Å².